The number of rotatable bonds is 2. The molecule has 0 fully saturated rings. The highest BCUT2D eigenvalue weighted by Crippen LogP contribution is 2.26. The van der Waals surface area contributed by atoms with Crippen molar-refractivity contribution in [3.63, 3.8) is 0 Å². The first-order valence-corrected chi connectivity index (χ1v) is 5.08. The predicted octanol–water partition coefficient (Wildman–Crippen LogP) is 2.48. The maximum absolute atomic E-state index is 9.26. The SMILES string of the molecule is CC(O)[C@H](N)c1ccc(Cl)c(Br)c1. The predicted molar refractivity (Wildman–Crippen MR) is 57.8 cm³/mol. The van der Waals surface area contributed by atoms with Crippen LogP contribution in [0.4, 0.5) is 0 Å². The van der Waals surface area contributed by atoms with Gasteiger partial charge in [-0.2, -0.15) is 0 Å². The lowest BCUT2D eigenvalue weighted by atomic mass is 10.0. The summed E-state index contributed by atoms with van der Waals surface area (Å²) in [5.41, 5.74) is 6.61. The number of nitrogens with two attached hydrogens (primary N) is 1. The summed E-state index contributed by atoms with van der Waals surface area (Å²) in [6.07, 6.45) is -0.562. The first-order valence-electron chi connectivity index (χ1n) is 3.91. The zero-order chi connectivity index (χ0) is 10.0. The van der Waals surface area contributed by atoms with Gasteiger partial charge in [0.25, 0.3) is 0 Å². The van der Waals surface area contributed by atoms with Crippen molar-refractivity contribution in [2.24, 2.45) is 5.73 Å². The van der Waals surface area contributed by atoms with Gasteiger partial charge in [-0.05, 0) is 40.5 Å². The summed E-state index contributed by atoms with van der Waals surface area (Å²) in [5, 5.41) is 9.90. The van der Waals surface area contributed by atoms with Crippen molar-refractivity contribution in [3.05, 3.63) is 33.3 Å². The largest absolute Gasteiger partial charge is 0.391 e. The van der Waals surface area contributed by atoms with Crippen LogP contribution in [0.1, 0.15) is 18.5 Å². The van der Waals surface area contributed by atoms with Gasteiger partial charge in [-0.3, -0.25) is 0 Å². The lowest BCUT2D eigenvalue weighted by Crippen LogP contribution is -2.23. The van der Waals surface area contributed by atoms with Gasteiger partial charge in [-0.1, -0.05) is 17.7 Å². The van der Waals surface area contributed by atoms with E-state index in [9.17, 15) is 5.11 Å². The Morgan fingerprint density at radius 1 is 1.54 bits per heavy atom. The minimum absolute atomic E-state index is 0.367. The Bertz CT molecular complexity index is 304. The summed E-state index contributed by atoms with van der Waals surface area (Å²) < 4.78 is 0.794. The summed E-state index contributed by atoms with van der Waals surface area (Å²) in [7, 11) is 0. The summed E-state index contributed by atoms with van der Waals surface area (Å²) in [4.78, 5) is 0. The minimum Gasteiger partial charge on any atom is -0.391 e. The van der Waals surface area contributed by atoms with Gasteiger partial charge < -0.3 is 10.8 Å². The molecule has 0 spiro atoms. The second-order valence-corrected chi connectivity index (χ2v) is 4.20. The van der Waals surface area contributed by atoms with Crippen molar-refractivity contribution in [1.29, 1.82) is 0 Å². The number of aliphatic hydroxyl groups excluding tert-OH is 1. The molecule has 0 aliphatic heterocycles. The van der Waals surface area contributed by atoms with Crippen molar-refractivity contribution >= 4 is 27.5 Å². The third kappa shape index (κ3) is 2.68. The normalized spacial score (nSPS) is 15.5. The fourth-order valence-electron chi connectivity index (χ4n) is 0.998. The van der Waals surface area contributed by atoms with Gasteiger partial charge in [-0.25, -0.2) is 0 Å². The average Bonchev–Trinajstić information content (AvgIpc) is 2.08. The molecule has 0 aliphatic carbocycles. The smallest absolute Gasteiger partial charge is 0.0704 e. The molecule has 1 rings (SSSR count). The van der Waals surface area contributed by atoms with E-state index in [-0.39, 0.29) is 6.04 Å². The Morgan fingerprint density at radius 2 is 2.15 bits per heavy atom. The highest BCUT2D eigenvalue weighted by molar-refractivity contribution is 9.10. The highest BCUT2D eigenvalue weighted by Gasteiger charge is 2.12. The summed E-state index contributed by atoms with van der Waals surface area (Å²) in [6, 6.07) is 5.02. The van der Waals surface area contributed by atoms with Gasteiger partial charge in [-0.15, -0.1) is 0 Å². The van der Waals surface area contributed by atoms with Crippen molar-refractivity contribution in [3.8, 4) is 0 Å². The van der Waals surface area contributed by atoms with Gasteiger partial charge in [0.15, 0.2) is 0 Å². The topological polar surface area (TPSA) is 46.2 Å². The minimum atomic E-state index is -0.562. The molecule has 3 N–H and O–H groups in total. The van der Waals surface area contributed by atoms with E-state index in [0.29, 0.717) is 5.02 Å². The monoisotopic (exact) mass is 263 g/mol. The Hall–Kier alpha value is -0.0900. The molecular weight excluding hydrogens is 253 g/mol. The lowest BCUT2D eigenvalue weighted by Gasteiger charge is -2.15. The molecular formula is C9H11BrClNO. The molecule has 0 aromatic heterocycles. The van der Waals surface area contributed by atoms with Crippen molar-refractivity contribution in [2.75, 3.05) is 0 Å². The molecule has 2 nitrogen and oxygen atoms in total. The van der Waals surface area contributed by atoms with E-state index < -0.39 is 6.10 Å². The van der Waals surface area contributed by atoms with E-state index in [1.165, 1.54) is 0 Å². The van der Waals surface area contributed by atoms with Crippen LogP contribution in [0.25, 0.3) is 0 Å². The molecule has 2 atom stereocenters. The summed E-state index contributed by atoms with van der Waals surface area (Å²) in [6.45, 7) is 1.66. The number of hydrogen-bond donors (Lipinski definition) is 2. The molecule has 1 aromatic rings. The molecule has 0 saturated carbocycles. The molecule has 0 heterocycles. The van der Waals surface area contributed by atoms with Crippen LogP contribution in [0.2, 0.25) is 5.02 Å². The van der Waals surface area contributed by atoms with Crippen LogP contribution in [-0.2, 0) is 0 Å². The summed E-state index contributed by atoms with van der Waals surface area (Å²) in [5.74, 6) is 0. The Balaban J connectivity index is 2.97. The number of hydrogen-bond acceptors (Lipinski definition) is 2. The van der Waals surface area contributed by atoms with Crippen LogP contribution in [0.15, 0.2) is 22.7 Å². The van der Waals surface area contributed by atoms with Crippen LogP contribution in [-0.4, -0.2) is 11.2 Å². The van der Waals surface area contributed by atoms with E-state index in [1.807, 2.05) is 12.1 Å². The fraction of sp³-hybridized carbons (Fsp3) is 0.333. The van der Waals surface area contributed by atoms with Crippen LogP contribution >= 0.6 is 27.5 Å². The second-order valence-electron chi connectivity index (χ2n) is 2.94. The average molecular weight is 265 g/mol. The van der Waals surface area contributed by atoms with E-state index in [0.717, 1.165) is 10.0 Å². The van der Waals surface area contributed by atoms with Crippen LogP contribution in [0.5, 0.6) is 0 Å². The van der Waals surface area contributed by atoms with Crippen molar-refractivity contribution < 1.29 is 5.11 Å². The first-order chi connectivity index (χ1) is 6.02. The highest BCUT2D eigenvalue weighted by atomic mass is 79.9. The molecule has 1 unspecified atom stereocenters. The van der Waals surface area contributed by atoms with Crippen LogP contribution < -0.4 is 5.73 Å². The summed E-state index contributed by atoms with van der Waals surface area (Å²) >= 11 is 9.11. The maximum Gasteiger partial charge on any atom is 0.0704 e. The third-order valence-electron chi connectivity index (χ3n) is 1.85. The van der Waals surface area contributed by atoms with Gasteiger partial charge in [0.05, 0.1) is 17.2 Å². The molecule has 13 heavy (non-hydrogen) atoms. The van der Waals surface area contributed by atoms with Crippen molar-refractivity contribution in [1.82, 2.24) is 0 Å². The molecule has 0 saturated heterocycles. The fourth-order valence-corrected chi connectivity index (χ4v) is 1.51. The molecule has 0 bridgehead atoms. The van der Waals surface area contributed by atoms with Gasteiger partial charge >= 0.3 is 0 Å². The van der Waals surface area contributed by atoms with E-state index in [1.54, 1.807) is 13.0 Å². The lowest BCUT2D eigenvalue weighted by molar-refractivity contribution is 0.164. The Morgan fingerprint density at radius 3 is 2.62 bits per heavy atom. The third-order valence-corrected chi connectivity index (χ3v) is 3.06. The Labute approximate surface area is 90.8 Å². The zero-order valence-corrected chi connectivity index (χ0v) is 9.51. The Kier molecular flexibility index (Phi) is 3.74. The number of aliphatic hydroxyl groups is 1. The molecule has 72 valence electrons. The molecule has 0 radical (unpaired) electrons. The maximum atomic E-state index is 9.26. The number of benzene rings is 1. The van der Waals surface area contributed by atoms with E-state index in [4.69, 9.17) is 17.3 Å². The van der Waals surface area contributed by atoms with Gasteiger partial charge in [0.2, 0.25) is 0 Å². The van der Waals surface area contributed by atoms with Gasteiger partial charge in [0, 0.05) is 4.47 Å². The van der Waals surface area contributed by atoms with Crippen LogP contribution in [0.3, 0.4) is 0 Å². The van der Waals surface area contributed by atoms with E-state index in [2.05, 4.69) is 15.9 Å². The van der Waals surface area contributed by atoms with E-state index >= 15 is 0 Å². The number of halogens is 2. The molecule has 4 heteroatoms. The zero-order valence-electron chi connectivity index (χ0n) is 7.17. The standard InChI is InChI=1S/C9H11BrClNO/c1-5(13)9(12)6-2-3-8(11)7(10)4-6/h2-5,9,13H,12H2,1H3/t5?,9-/m0/s1. The quantitative estimate of drug-likeness (QED) is 0.862. The first kappa shape index (κ1) is 11.0. The van der Waals surface area contributed by atoms with Crippen LogP contribution in [0, 0.1) is 0 Å². The van der Waals surface area contributed by atoms with Gasteiger partial charge in [0.1, 0.15) is 0 Å². The molecule has 0 aliphatic rings. The molecule has 1 aromatic carbocycles. The molecule has 0 amide bonds. The van der Waals surface area contributed by atoms with Crippen molar-refractivity contribution in [2.45, 2.75) is 19.1 Å². The second kappa shape index (κ2) is 4.42.